The van der Waals surface area contributed by atoms with Gasteiger partial charge in [0.25, 0.3) is 15.1 Å². The van der Waals surface area contributed by atoms with Crippen LogP contribution in [0.4, 0.5) is 5.69 Å². The first kappa shape index (κ1) is 28.3. The van der Waals surface area contributed by atoms with Gasteiger partial charge in [-0.1, -0.05) is 46.3 Å². The zero-order valence-electron chi connectivity index (χ0n) is 19.5. The summed E-state index contributed by atoms with van der Waals surface area (Å²) in [6, 6.07) is 10.7. The number of nitrogens with zero attached hydrogens (tertiary/aromatic N) is 3. The van der Waals surface area contributed by atoms with E-state index in [0.29, 0.717) is 20.6 Å². The summed E-state index contributed by atoms with van der Waals surface area (Å²) in [5.41, 5.74) is 1.45. The Morgan fingerprint density at radius 3 is 2.51 bits per heavy atom. The number of halogens is 2. The number of amides is 1. The van der Waals surface area contributed by atoms with Crippen LogP contribution in [-0.2, 0) is 31.5 Å². The van der Waals surface area contributed by atoms with E-state index in [-0.39, 0.29) is 19.5 Å². The van der Waals surface area contributed by atoms with Crippen molar-refractivity contribution in [2.45, 2.75) is 30.0 Å². The first-order valence-electron chi connectivity index (χ1n) is 10.7. The number of hydrogen-bond acceptors (Lipinski definition) is 7. The van der Waals surface area contributed by atoms with Crippen molar-refractivity contribution in [3.63, 3.8) is 0 Å². The molecule has 0 aliphatic carbocycles. The van der Waals surface area contributed by atoms with E-state index in [1.807, 2.05) is 23.1 Å². The fraction of sp³-hybridized carbons (Fsp3) is 0.273. The first-order valence-corrected chi connectivity index (χ1v) is 16.5. The summed E-state index contributed by atoms with van der Waals surface area (Å²) in [6.45, 7) is 1.43. The summed E-state index contributed by atoms with van der Waals surface area (Å²) >= 11 is 15.3. The molecule has 1 aliphatic heterocycles. The molecule has 15 heteroatoms. The third-order valence-electron chi connectivity index (χ3n) is 5.46. The van der Waals surface area contributed by atoms with E-state index in [4.69, 9.17) is 23.2 Å². The van der Waals surface area contributed by atoms with Gasteiger partial charge in [-0.15, -0.1) is 4.36 Å². The maximum atomic E-state index is 12.5. The van der Waals surface area contributed by atoms with Crippen LogP contribution in [0.25, 0.3) is 16.3 Å². The minimum absolute atomic E-state index is 0.156. The Balaban J connectivity index is 1.80. The van der Waals surface area contributed by atoms with Crippen molar-refractivity contribution in [2.75, 3.05) is 17.7 Å². The number of benzene rings is 2. The van der Waals surface area contributed by atoms with Crippen molar-refractivity contribution in [1.29, 1.82) is 0 Å². The molecule has 2 unspecified atom stereocenters. The van der Waals surface area contributed by atoms with Crippen LogP contribution in [-0.4, -0.2) is 45.7 Å². The fourth-order valence-corrected chi connectivity index (χ4v) is 7.11. The van der Waals surface area contributed by atoms with Gasteiger partial charge in [0.15, 0.2) is 10.0 Å². The second-order valence-electron chi connectivity index (χ2n) is 8.35. The highest BCUT2D eigenvalue weighted by Gasteiger charge is 2.30. The van der Waals surface area contributed by atoms with Crippen molar-refractivity contribution in [3.05, 3.63) is 56.5 Å². The van der Waals surface area contributed by atoms with Crippen LogP contribution >= 0.6 is 46.3 Å². The lowest BCUT2D eigenvalue weighted by molar-refractivity contribution is -0.655. The van der Waals surface area contributed by atoms with Crippen molar-refractivity contribution >= 4 is 94.3 Å². The van der Waals surface area contributed by atoms with E-state index in [1.54, 1.807) is 28.8 Å². The second kappa shape index (κ2) is 10.8. The molecule has 0 radical (unpaired) electrons. The summed E-state index contributed by atoms with van der Waals surface area (Å²) < 4.78 is 59.6. The lowest BCUT2D eigenvalue weighted by atomic mass is 10.2. The number of thiazole rings is 1. The average molecular weight is 624 g/mol. The number of anilines is 1. The standard InChI is InChI=1S/C22H21Cl2N3O6S4/c1-13(37(31,32)33)7-8-26-16-9-14(23)3-5-18(16)34-21(26)11-22-27(12-20(28)25-36(2,29)30)17-10-15(24)4-6-19(17)35-22/h3-6,9-11,13H,7-8,12H2,1-2H3,(H-,25,28,29,30,31,32,33)/p+1. The highest BCUT2D eigenvalue weighted by molar-refractivity contribution is 8.04. The van der Waals surface area contributed by atoms with Crippen molar-refractivity contribution in [2.24, 2.45) is 4.36 Å². The minimum Gasteiger partial charge on any atom is -0.335 e. The van der Waals surface area contributed by atoms with Crippen LogP contribution < -0.4 is 9.47 Å². The molecule has 9 nitrogen and oxygen atoms in total. The van der Waals surface area contributed by atoms with Crippen LogP contribution in [0.5, 0.6) is 0 Å². The van der Waals surface area contributed by atoms with Gasteiger partial charge in [0.1, 0.15) is 4.70 Å². The molecule has 0 spiro atoms. The Morgan fingerprint density at radius 2 is 1.84 bits per heavy atom. The summed E-state index contributed by atoms with van der Waals surface area (Å²) in [4.78, 5) is 15.3. The van der Waals surface area contributed by atoms with Crippen LogP contribution in [0.2, 0.25) is 10.0 Å². The van der Waals surface area contributed by atoms with E-state index in [0.717, 1.165) is 26.6 Å². The molecule has 0 bridgehead atoms. The molecule has 2 N–H and O–H groups in total. The summed E-state index contributed by atoms with van der Waals surface area (Å²) in [5, 5.41) is 1.40. The van der Waals surface area contributed by atoms with E-state index >= 15 is 0 Å². The molecule has 0 saturated heterocycles. The van der Waals surface area contributed by atoms with Crippen molar-refractivity contribution in [3.8, 4) is 0 Å². The molecule has 2 aromatic carbocycles. The molecule has 198 valence electrons. The molecule has 0 fully saturated rings. The monoisotopic (exact) mass is 622 g/mol. The number of thioether (sulfide) groups is 1. The Hall–Kier alpha value is -1.71. The number of hydrogen-bond donors (Lipinski definition) is 2. The van der Waals surface area contributed by atoms with Gasteiger partial charge in [-0.2, -0.15) is 13.0 Å². The molecule has 4 rings (SSSR count). The molecule has 3 aromatic rings. The molecule has 2 heterocycles. The van der Waals surface area contributed by atoms with Gasteiger partial charge < -0.3 is 9.45 Å². The third-order valence-corrected chi connectivity index (χ3v) is 9.95. The van der Waals surface area contributed by atoms with E-state index in [1.165, 1.54) is 30.0 Å². The van der Waals surface area contributed by atoms with Crippen LogP contribution in [0, 0.1) is 0 Å². The van der Waals surface area contributed by atoms with Gasteiger partial charge >= 0.3 is 5.91 Å². The van der Waals surface area contributed by atoms with Gasteiger partial charge in [-0.3, -0.25) is 9.35 Å². The molecular formula is C22H22Cl2N3O6S4+. The molecular weight excluding hydrogens is 601 g/mol. The molecule has 37 heavy (non-hydrogen) atoms. The topological polar surface area (TPSA) is 128 Å². The average Bonchev–Trinajstić information content (AvgIpc) is 3.27. The number of carbonyl (C=O) groups excluding carboxylic acids is 1. The Bertz CT molecular complexity index is 1650. The first-order chi connectivity index (χ1) is 17.2. The highest BCUT2D eigenvalue weighted by Crippen LogP contribution is 2.48. The Morgan fingerprint density at radius 1 is 1.16 bits per heavy atom. The minimum atomic E-state index is -4.20. The van der Waals surface area contributed by atoms with E-state index in [2.05, 4.69) is 4.36 Å². The number of rotatable bonds is 7. The molecule has 0 saturated carbocycles. The molecule has 1 aromatic heterocycles. The predicted octanol–water partition coefficient (Wildman–Crippen LogP) is 5.17. The second-order valence-corrected chi connectivity index (χ2v) is 14.9. The van der Waals surface area contributed by atoms with Gasteiger partial charge in [0, 0.05) is 33.8 Å². The van der Waals surface area contributed by atoms with Gasteiger partial charge in [-0.25, -0.2) is 4.21 Å². The lowest BCUT2D eigenvalue weighted by Gasteiger charge is -2.21. The van der Waals surface area contributed by atoms with E-state index < -0.39 is 31.3 Å². The van der Waals surface area contributed by atoms with Gasteiger partial charge in [0.2, 0.25) is 12.1 Å². The number of fused-ring (bicyclic) bond motifs is 2. The molecule has 1 aliphatic rings. The number of carbonyl (C=O) groups is 1. The Labute approximate surface area is 232 Å². The maximum Gasteiger partial charge on any atom is 0.321 e. The SMILES string of the molecule is CC(CCN1C(=Cc2sc3ccc(Cl)cc3[n+]2CC(=O)N=S(C)(=O)O)Sc2ccc(Cl)cc21)S(=O)(=O)O. The zero-order valence-corrected chi connectivity index (χ0v) is 24.3. The normalized spacial score (nSPS) is 17.1. The van der Waals surface area contributed by atoms with Gasteiger partial charge in [0.05, 0.1) is 22.0 Å². The van der Waals surface area contributed by atoms with Gasteiger partial charge in [-0.05, 0) is 43.7 Å². The quantitative estimate of drug-likeness (QED) is 0.273. The summed E-state index contributed by atoms with van der Waals surface area (Å²) in [6.07, 6.45) is 2.97. The molecule has 1 amide bonds. The lowest BCUT2D eigenvalue weighted by Crippen LogP contribution is -2.39. The number of aromatic nitrogens is 1. The highest BCUT2D eigenvalue weighted by atomic mass is 35.5. The fourth-order valence-electron chi connectivity index (χ4n) is 3.68. The Kier molecular flexibility index (Phi) is 8.27. The van der Waals surface area contributed by atoms with Crippen molar-refractivity contribution < 1.29 is 31.1 Å². The maximum absolute atomic E-state index is 12.5. The van der Waals surface area contributed by atoms with Crippen LogP contribution in [0.3, 0.4) is 0 Å². The third kappa shape index (κ3) is 6.84. The largest absolute Gasteiger partial charge is 0.335 e. The summed E-state index contributed by atoms with van der Waals surface area (Å²) in [7, 11) is -7.82. The summed E-state index contributed by atoms with van der Waals surface area (Å²) in [5.74, 6) is -0.771. The van der Waals surface area contributed by atoms with Crippen molar-refractivity contribution in [1.82, 2.24) is 0 Å². The smallest absolute Gasteiger partial charge is 0.321 e. The van der Waals surface area contributed by atoms with Crippen LogP contribution in [0.15, 0.2) is 50.7 Å². The van der Waals surface area contributed by atoms with Crippen LogP contribution in [0.1, 0.15) is 18.4 Å². The zero-order chi connectivity index (χ0) is 27.1. The molecule has 2 atom stereocenters. The predicted molar refractivity (Wildman–Crippen MR) is 149 cm³/mol. The van der Waals surface area contributed by atoms with E-state index in [9.17, 15) is 26.5 Å².